The van der Waals surface area contributed by atoms with Gasteiger partial charge in [-0.3, -0.25) is 5.10 Å². The number of H-pyrrole nitrogens is 1. The Morgan fingerprint density at radius 1 is 1.37 bits per heavy atom. The van der Waals surface area contributed by atoms with Gasteiger partial charge in [0.05, 0.1) is 18.2 Å². The highest BCUT2D eigenvalue weighted by atomic mass is 32.2. The molecule has 0 spiro atoms. The van der Waals surface area contributed by atoms with E-state index in [1.165, 1.54) is 0 Å². The first-order chi connectivity index (χ1) is 9.38. The molecule has 0 radical (unpaired) electrons. The van der Waals surface area contributed by atoms with Crippen molar-refractivity contribution >= 4 is 11.8 Å². The molecule has 1 heterocycles. The second-order valence-electron chi connectivity index (χ2n) is 3.83. The SMILES string of the molecule is N#Cc1cccc(OCCCCSc2nc[nH]n2)c1. The molecule has 0 saturated carbocycles. The number of benzene rings is 1. The molecule has 1 aromatic carbocycles. The molecule has 2 rings (SSSR count). The Balaban J connectivity index is 1.60. The zero-order chi connectivity index (χ0) is 13.3. The number of ether oxygens (including phenoxy) is 1. The maximum Gasteiger partial charge on any atom is 0.208 e. The molecule has 0 amide bonds. The van der Waals surface area contributed by atoms with Crippen LogP contribution < -0.4 is 4.74 Å². The number of unbranched alkanes of at least 4 members (excludes halogenated alkanes) is 1. The third kappa shape index (κ3) is 4.64. The molecule has 19 heavy (non-hydrogen) atoms. The van der Waals surface area contributed by atoms with E-state index in [-0.39, 0.29) is 0 Å². The van der Waals surface area contributed by atoms with Crippen LogP contribution in [0.15, 0.2) is 35.7 Å². The minimum atomic E-state index is 0.623. The van der Waals surface area contributed by atoms with Crippen LogP contribution in [0.5, 0.6) is 5.75 Å². The van der Waals surface area contributed by atoms with Crippen LogP contribution >= 0.6 is 11.8 Å². The second kappa shape index (κ2) is 7.44. The van der Waals surface area contributed by atoms with Gasteiger partial charge in [-0.15, -0.1) is 5.10 Å². The van der Waals surface area contributed by atoms with Gasteiger partial charge < -0.3 is 4.74 Å². The fraction of sp³-hybridized carbons (Fsp3) is 0.308. The second-order valence-corrected chi connectivity index (χ2v) is 4.89. The highest BCUT2D eigenvalue weighted by Crippen LogP contribution is 2.15. The van der Waals surface area contributed by atoms with Crippen LogP contribution in [0, 0.1) is 11.3 Å². The number of aromatic nitrogens is 3. The minimum absolute atomic E-state index is 0.623. The van der Waals surface area contributed by atoms with Crippen LogP contribution in [0.25, 0.3) is 0 Å². The van der Waals surface area contributed by atoms with Crippen LogP contribution in [0.4, 0.5) is 0 Å². The number of hydrogen-bond acceptors (Lipinski definition) is 5. The van der Waals surface area contributed by atoms with E-state index in [9.17, 15) is 0 Å². The number of nitriles is 1. The van der Waals surface area contributed by atoms with E-state index in [2.05, 4.69) is 21.3 Å². The van der Waals surface area contributed by atoms with Crippen molar-refractivity contribution in [1.29, 1.82) is 5.26 Å². The van der Waals surface area contributed by atoms with E-state index in [1.807, 2.05) is 12.1 Å². The number of aromatic amines is 1. The standard InChI is InChI=1S/C13H14N4OS/c14-9-11-4-3-5-12(8-11)18-6-1-2-7-19-13-15-10-16-17-13/h3-5,8,10H,1-2,6-7H2,(H,15,16,17). The van der Waals surface area contributed by atoms with Crippen molar-refractivity contribution in [3.05, 3.63) is 36.2 Å². The molecule has 1 N–H and O–H groups in total. The summed E-state index contributed by atoms with van der Waals surface area (Å²) in [5.41, 5.74) is 0.623. The molecule has 0 aliphatic carbocycles. The summed E-state index contributed by atoms with van der Waals surface area (Å²) in [4.78, 5) is 4.04. The molecule has 0 atom stereocenters. The molecular weight excluding hydrogens is 260 g/mol. The zero-order valence-electron chi connectivity index (χ0n) is 10.4. The molecule has 1 aromatic heterocycles. The monoisotopic (exact) mass is 274 g/mol. The normalized spacial score (nSPS) is 10.1. The van der Waals surface area contributed by atoms with Gasteiger partial charge in [-0.1, -0.05) is 17.8 Å². The zero-order valence-corrected chi connectivity index (χ0v) is 11.2. The predicted molar refractivity (Wildman–Crippen MR) is 73.0 cm³/mol. The van der Waals surface area contributed by atoms with Crippen LogP contribution in [0.1, 0.15) is 18.4 Å². The smallest absolute Gasteiger partial charge is 0.208 e. The molecule has 5 nitrogen and oxygen atoms in total. The lowest BCUT2D eigenvalue weighted by molar-refractivity contribution is 0.310. The van der Waals surface area contributed by atoms with E-state index in [0.717, 1.165) is 29.5 Å². The Morgan fingerprint density at radius 2 is 2.32 bits per heavy atom. The highest BCUT2D eigenvalue weighted by molar-refractivity contribution is 7.99. The quantitative estimate of drug-likeness (QED) is 0.620. The first kappa shape index (κ1) is 13.4. The van der Waals surface area contributed by atoms with Crippen molar-refractivity contribution in [3.63, 3.8) is 0 Å². The fourth-order valence-corrected chi connectivity index (χ4v) is 2.26. The van der Waals surface area contributed by atoms with Gasteiger partial charge in [-0.2, -0.15) is 5.26 Å². The Morgan fingerprint density at radius 3 is 3.11 bits per heavy atom. The first-order valence-corrected chi connectivity index (χ1v) is 6.98. The summed E-state index contributed by atoms with van der Waals surface area (Å²) >= 11 is 1.63. The highest BCUT2D eigenvalue weighted by Gasteiger charge is 1.98. The molecule has 0 saturated heterocycles. The lowest BCUT2D eigenvalue weighted by Gasteiger charge is -2.05. The maximum absolute atomic E-state index is 8.77. The van der Waals surface area contributed by atoms with E-state index in [4.69, 9.17) is 10.00 Å². The average molecular weight is 274 g/mol. The topological polar surface area (TPSA) is 74.6 Å². The van der Waals surface area contributed by atoms with Gasteiger partial charge in [0, 0.05) is 5.75 Å². The van der Waals surface area contributed by atoms with Crippen molar-refractivity contribution in [2.24, 2.45) is 0 Å². The van der Waals surface area contributed by atoms with E-state index < -0.39 is 0 Å². The van der Waals surface area contributed by atoms with Gasteiger partial charge in [0.25, 0.3) is 0 Å². The van der Waals surface area contributed by atoms with E-state index >= 15 is 0 Å². The van der Waals surface area contributed by atoms with Crippen molar-refractivity contribution in [2.45, 2.75) is 18.0 Å². The van der Waals surface area contributed by atoms with Crippen LogP contribution in [0.2, 0.25) is 0 Å². The summed E-state index contributed by atoms with van der Waals surface area (Å²) in [7, 11) is 0. The van der Waals surface area contributed by atoms with Crippen LogP contribution in [-0.2, 0) is 0 Å². The predicted octanol–water partition coefficient (Wildman–Crippen LogP) is 2.63. The largest absolute Gasteiger partial charge is 0.494 e. The molecule has 0 aliphatic rings. The summed E-state index contributed by atoms with van der Waals surface area (Å²) in [6.07, 6.45) is 3.58. The summed E-state index contributed by atoms with van der Waals surface area (Å²) in [5.74, 6) is 1.72. The molecule has 6 heteroatoms. The van der Waals surface area contributed by atoms with Crippen molar-refractivity contribution in [2.75, 3.05) is 12.4 Å². The van der Waals surface area contributed by atoms with Gasteiger partial charge >= 0.3 is 0 Å². The third-order valence-corrected chi connectivity index (χ3v) is 3.34. The summed E-state index contributed by atoms with van der Waals surface area (Å²) in [6.45, 7) is 0.656. The number of rotatable bonds is 7. The number of nitrogens with one attached hydrogen (secondary N) is 1. The van der Waals surface area contributed by atoms with Gasteiger partial charge in [-0.25, -0.2) is 4.98 Å². The molecule has 0 bridgehead atoms. The first-order valence-electron chi connectivity index (χ1n) is 6.00. The average Bonchev–Trinajstić information content (AvgIpc) is 2.96. The summed E-state index contributed by atoms with van der Waals surface area (Å²) in [6, 6.07) is 9.30. The van der Waals surface area contributed by atoms with Crippen LogP contribution in [0.3, 0.4) is 0 Å². The summed E-state index contributed by atoms with van der Waals surface area (Å²) < 4.78 is 5.59. The van der Waals surface area contributed by atoms with Crippen molar-refractivity contribution < 1.29 is 4.74 Å². The van der Waals surface area contributed by atoms with Gasteiger partial charge in [0.15, 0.2) is 0 Å². The van der Waals surface area contributed by atoms with Crippen molar-refractivity contribution in [3.8, 4) is 11.8 Å². The number of thioether (sulfide) groups is 1. The molecule has 0 unspecified atom stereocenters. The van der Waals surface area contributed by atoms with E-state index in [1.54, 1.807) is 30.2 Å². The maximum atomic E-state index is 8.77. The molecule has 0 fully saturated rings. The van der Waals surface area contributed by atoms with Crippen molar-refractivity contribution in [1.82, 2.24) is 15.2 Å². The Labute approximate surface area is 116 Å². The van der Waals surface area contributed by atoms with E-state index in [0.29, 0.717) is 12.2 Å². The Bertz CT molecular complexity index is 536. The van der Waals surface area contributed by atoms with Gasteiger partial charge in [0.1, 0.15) is 12.1 Å². The molecule has 98 valence electrons. The van der Waals surface area contributed by atoms with Gasteiger partial charge in [-0.05, 0) is 31.0 Å². The van der Waals surface area contributed by atoms with Crippen LogP contribution in [-0.4, -0.2) is 27.5 Å². The minimum Gasteiger partial charge on any atom is -0.494 e. The lowest BCUT2D eigenvalue weighted by Crippen LogP contribution is -1.98. The Kier molecular flexibility index (Phi) is 5.26. The number of nitrogens with zero attached hydrogens (tertiary/aromatic N) is 3. The number of hydrogen-bond donors (Lipinski definition) is 1. The third-order valence-electron chi connectivity index (χ3n) is 2.39. The summed E-state index contributed by atoms with van der Waals surface area (Å²) in [5, 5.41) is 16.2. The lowest BCUT2D eigenvalue weighted by atomic mass is 10.2. The fourth-order valence-electron chi connectivity index (χ4n) is 1.48. The Hall–Kier alpha value is -2.00. The van der Waals surface area contributed by atoms with Gasteiger partial charge in [0.2, 0.25) is 5.16 Å². The molecular formula is C13H14N4OS. The molecule has 2 aromatic rings. The molecule has 0 aliphatic heterocycles.